The van der Waals surface area contributed by atoms with Gasteiger partial charge in [-0.25, -0.2) is 0 Å². The Hall–Kier alpha value is -0.160. The maximum Gasteiger partial charge on any atom is 0.116 e. The molecule has 0 amide bonds. The Morgan fingerprint density at radius 3 is 2.71 bits per heavy atom. The molecule has 1 saturated heterocycles. The molecule has 0 spiro atoms. The van der Waals surface area contributed by atoms with Crippen LogP contribution in [0.3, 0.4) is 0 Å². The minimum absolute atomic E-state index is 0. The molecule has 0 aliphatic carbocycles. The van der Waals surface area contributed by atoms with Crippen molar-refractivity contribution in [2.24, 2.45) is 0 Å². The number of quaternary nitrogens is 1. The lowest BCUT2D eigenvalue weighted by molar-refractivity contribution is -0.908. The fourth-order valence-corrected chi connectivity index (χ4v) is 2.34. The lowest BCUT2D eigenvalue weighted by Crippen LogP contribution is -3.00. The molecule has 78 valence electrons. The molecule has 1 fully saturated rings. The van der Waals surface area contributed by atoms with Crippen LogP contribution in [0.25, 0.3) is 0 Å². The molecule has 0 bridgehead atoms. The molecule has 1 aromatic rings. The molecule has 1 atom stereocenters. The van der Waals surface area contributed by atoms with Gasteiger partial charge in [-0.15, -0.1) is 0 Å². The van der Waals surface area contributed by atoms with Gasteiger partial charge in [-0.1, -0.05) is 6.07 Å². The van der Waals surface area contributed by atoms with Gasteiger partial charge >= 0.3 is 0 Å². The fraction of sp³-hybridized carbons (Fsp3) is 0.545. The van der Waals surface area contributed by atoms with Gasteiger partial charge in [-0.3, -0.25) is 4.98 Å². The van der Waals surface area contributed by atoms with E-state index in [1.807, 2.05) is 18.5 Å². The largest absolute Gasteiger partial charge is 1.00 e. The lowest BCUT2D eigenvalue weighted by Gasteiger charge is -2.31. The number of halogens is 1. The normalized spacial score (nSPS) is 24.3. The second-order valence-electron chi connectivity index (χ2n) is 4.45. The van der Waals surface area contributed by atoms with Gasteiger partial charge in [0.25, 0.3) is 0 Å². The fourth-order valence-electron chi connectivity index (χ4n) is 2.34. The highest BCUT2D eigenvalue weighted by Gasteiger charge is 2.34. The van der Waals surface area contributed by atoms with Crippen molar-refractivity contribution in [3.05, 3.63) is 30.1 Å². The second kappa shape index (κ2) is 4.57. The summed E-state index contributed by atoms with van der Waals surface area (Å²) in [6.45, 7) is 1.29. The van der Waals surface area contributed by atoms with Crippen LogP contribution in [0.2, 0.25) is 0 Å². The third-order valence-electron chi connectivity index (χ3n) is 3.12. The van der Waals surface area contributed by atoms with Gasteiger partial charge in [-0.2, -0.15) is 0 Å². The monoisotopic (exact) mass is 304 g/mol. The third-order valence-corrected chi connectivity index (χ3v) is 3.12. The average molecular weight is 304 g/mol. The number of likely N-dealkylation sites (tertiary alicyclic amines) is 1. The summed E-state index contributed by atoms with van der Waals surface area (Å²) in [5.41, 5.74) is 1.39. The van der Waals surface area contributed by atoms with Gasteiger partial charge in [0.05, 0.1) is 20.6 Å². The summed E-state index contributed by atoms with van der Waals surface area (Å²) in [7, 11) is 4.62. The van der Waals surface area contributed by atoms with Gasteiger partial charge in [0.2, 0.25) is 0 Å². The van der Waals surface area contributed by atoms with Crippen LogP contribution in [-0.2, 0) is 0 Å². The van der Waals surface area contributed by atoms with Gasteiger partial charge in [0, 0.05) is 30.8 Å². The molecule has 2 heterocycles. The van der Waals surface area contributed by atoms with E-state index in [0.29, 0.717) is 6.04 Å². The highest BCUT2D eigenvalue weighted by atomic mass is 127. The maximum absolute atomic E-state index is 4.18. The van der Waals surface area contributed by atoms with E-state index in [1.165, 1.54) is 24.9 Å². The van der Waals surface area contributed by atoms with Crippen LogP contribution in [0, 0.1) is 0 Å². The first kappa shape index (κ1) is 11.9. The molecule has 0 saturated carbocycles. The van der Waals surface area contributed by atoms with Crippen LogP contribution < -0.4 is 24.0 Å². The van der Waals surface area contributed by atoms with Crippen LogP contribution in [0.5, 0.6) is 0 Å². The summed E-state index contributed by atoms with van der Waals surface area (Å²) in [6.07, 6.45) is 6.50. The maximum atomic E-state index is 4.18. The van der Waals surface area contributed by atoms with E-state index in [1.54, 1.807) is 0 Å². The molecule has 2 rings (SSSR count). The second-order valence-corrected chi connectivity index (χ2v) is 4.45. The first-order valence-electron chi connectivity index (χ1n) is 4.93. The quantitative estimate of drug-likeness (QED) is 0.479. The molecule has 0 N–H and O–H groups in total. The molecule has 3 heteroatoms. The molecule has 0 unspecified atom stereocenters. The van der Waals surface area contributed by atoms with Crippen LogP contribution in [-0.4, -0.2) is 30.1 Å². The van der Waals surface area contributed by atoms with Crippen molar-refractivity contribution in [3.8, 4) is 0 Å². The number of hydrogen-bond donors (Lipinski definition) is 0. The van der Waals surface area contributed by atoms with E-state index in [2.05, 4.69) is 25.1 Å². The van der Waals surface area contributed by atoms with Gasteiger partial charge in [0.15, 0.2) is 0 Å². The average Bonchev–Trinajstić information content (AvgIpc) is 2.47. The highest BCUT2D eigenvalue weighted by Crippen LogP contribution is 2.35. The summed E-state index contributed by atoms with van der Waals surface area (Å²) >= 11 is 0. The van der Waals surface area contributed by atoms with Crippen LogP contribution >= 0.6 is 0 Å². The van der Waals surface area contributed by atoms with Crippen molar-refractivity contribution in [1.82, 2.24) is 4.98 Å². The highest BCUT2D eigenvalue weighted by molar-refractivity contribution is 5.12. The molecule has 1 aliphatic rings. The van der Waals surface area contributed by atoms with Gasteiger partial charge < -0.3 is 28.5 Å². The summed E-state index contributed by atoms with van der Waals surface area (Å²) in [5.74, 6) is 0. The summed E-state index contributed by atoms with van der Waals surface area (Å²) in [5, 5.41) is 0. The number of nitrogens with zero attached hydrogens (tertiary/aromatic N) is 2. The first-order valence-corrected chi connectivity index (χ1v) is 4.93. The smallest absolute Gasteiger partial charge is 0.116 e. The van der Waals surface area contributed by atoms with E-state index < -0.39 is 0 Å². The van der Waals surface area contributed by atoms with Crippen LogP contribution in [0.1, 0.15) is 24.4 Å². The Bertz CT molecular complexity index is 285. The predicted molar refractivity (Wildman–Crippen MR) is 53.2 cm³/mol. The van der Waals surface area contributed by atoms with Gasteiger partial charge in [-0.05, 0) is 6.07 Å². The molecule has 2 nitrogen and oxygen atoms in total. The van der Waals surface area contributed by atoms with Crippen LogP contribution in [0.15, 0.2) is 24.5 Å². The van der Waals surface area contributed by atoms with Crippen molar-refractivity contribution in [2.75, 3.05) is 20.6 Å². The van der Waals surface area contributed by atoms with E-state index >= 15 is 0 Å². The molecule has 14 heavy (non-hydrogen) atoms. The van der Waals surface area contributed by atoms with E-state index in [4.69, 9.17) is 0 Å². The number of aromatic nitrogens is 1. The van der Waals surface area contributed by atoms with Crippen molar-refractivity contribution < 1.29 is 28.5 Å². The topological polar surface area (TPSA) is 12.9 Å². The standard InChI is InChI=1S/C11H17N2.HI/c1-13(2)8-4-6-11(13)10-5-3-7-12-9-10;/h3,5,7,9,11H,4,6,8H2,1-2H3;1H/q+1;/p-1/t11-;/m0./s1. The predicted octanol–water partition coefficient (Wildman–Crippen LogP) is -1.00. The minimum atomic E-state index is 0. The van der Waals surface area contributed by atoms with Crippen molar-refractivity contribution in [3.63, 3.8) is 0 Å². The van der Waals surface area contributed by atoms with E-state index in [-0.39, 0.29) is 24.0 Å². The molecular formula is C11H17IN2. The molecular weight excluding hydrogens is 287 g/mol. The zero-order chi connectivity index (χ0) is 9.31. The van der Waals surface area contributed by atoms with Crippen molar-refractivity contribution in [2.45, 2.75) is 18.9 Å². The Morgan fingerprint density at radius 1 is 1.43 bits per heavy atom. The molecule has 0 aromatic carbocycles. The van der Waals surface area contributed by atoms with Crippen LogP contribution in [0.4, 0.5) is 0 Å². The number of rotatable bonds is 1. The summed E-state index contributed by atoms with van der Waals surface area (Å²) < 4.78 is 1.12. The summed E-state index contributed by atoms with van der Waals surface area (Å²) in [6, 6.07) is 4.89. The molecule has 1 aromatic heterocycles. The number of pyridine rings is 1. The Morgan fingerprint density at radius 2 is 2.21 bits per heavy atom. The minimum Gasteiger partial charge on any atom is -1.00 e. The molecule has 0 radical (unpaired) electrons. The first-order chi connectivity index (χ1) is 6.20. The Balaban J connectivity index is 0.000000980. The Labute approximate surface area is 103 Å². The zero-order valence-corrected chi connectivity index (χ0v) is 10.9. The van der Waals surface area contributed by atoms with E-state index in [9.17, 15) is 0 Å². The molecule has 1 aliphatic heterocycles. The van der Waals surface area contributed by atoms with Gasteiger partial charge in [0.1, 0.15) is 6.04 Å². The summed E-state index contributed by atoms with van der Waals surface area (Å²) in [4.78, 5) is 4.18. The zero-order valence-electron chi connectivity index (χ0n) is 8.78. The lowest BCUT2D eigenvalue weighted by atomic mass is 10.1. The Kier molecular flexibility index (Phi) is 3.89. The van der Waals surface area contributed by atoms with Crippen molar-refractivity contribution >= 4 is 0 Å². The SMILES string of the molecule is C[N+]1(C)CCC[C@H]1c1cccnc1.[I-]. The van der Waals surface area contributed by atoms with E-state index in [0.717, 1.165) is 4.48 Å². The number of hydrogen-bond acceptors (Lipinski definition) is 1. The van der Waals surface area contributed by atoms with Crippen molar-refractivity contribution in [1.29, 1.82) is 0 Å². The third kappa shape index (κ3) is 2.25.